The minimum Gasteiger partial charge on any atom is -0.478 e. The Morgan fingerprint density at radius 1 is 1.27 bits per heavy atom. The molecule has 0 aliphatic heterocycles. The van der Waals surface area contributed by atoms with Crippen LogP contribution in [0.4, 0.5) is 5.69 Å². The largest absolute Gasteiger partial charge is 0.478 e. The Labute approximate surface area is 161 Å². The minimum atomic E-state index is -1.62. The fourth-order valence-corrected chi connectivity index (χ4v) is 2.30. The Hall–Kier alpha value is -2.65. The number of carboxylic acids is 1. The Morgan fingerprint density at radius 2 is 2.04 bits per heavy atom. The average molecular weight is 440 g/mol. The summed E-state index contributed by atoms with van der Waals surface area (Å²) in [5.74, 6) is -2.95. The van der Waals surface area contributed by atoms with Crippen molar-refractivity contribution < 1.29 is 19.5 Å². The zero-order chi connectivity index (χ0) is 19.1. The van der Waals surface area contributed by atoms with Crippen LogP contribution in [0, 0.1) is 0 Å². The normalized spacial score (nSPS) is 11.9. The van der Waals surface area contributed by atoms with Gasteiger partial charge in [0.1, 0.15) is 11.6 Å². The molecular formula is C16H12BrClN4O4. The standard InChI is InChI=1S/C16H12BrClN4O4/c17-9-4-5-11(21-22-15(16(25)26)20-13(23)8-18)10(7-9)14(24)12-3-1-2-6-19-12/h1-7,15H,8H2,(H,20,23)(H,25,26)/b22-21+. The summed E-state index contributed by atoms with van der Waals surface area (Å²) < 4.78 is 0.626. The van der Waals surface area contributed by atoms with Crippen LogP contribution >= 0.6 is 27.5 Å². The molecule has 1 heterocycles. The Bertz CT molecular complexity index is 861. The SMILES string of the molecule is O=C(CCl)NC(/N=N/c1ccc(Br)cc1C(=O)c1ccccn1)C(=O)O. The van der Waals surface area contributed by atoms with Gasteiger partial charge in [0, 0.05) is 10.7 Å². The monoisotopic (exact) mass is 438 g/mol. The number of amides is 1. The number of carbonyl (C=O) groups excluding carboxylic acids is 2. The molecule has 26 heavy (non-hydrogen) atoms. The molecule has 0 saturated heterocycles. The smallest absolute Gasteiger partial charge is 0.351 e. The summed E-state index contributed by atoms with van der Waals surface area (Å²) in [4.78, 5) is 39.1. The number of halogens is 2. The number of carbonyl (C=O) groups is 3. The summed E-state index contributed by atoms with van der Waals surface area (Å²) in [7, 11) is 0. The molecule has 0 aliphatic rings. The van der Waals surface area contributed by atoms with E-state index < -0.39 is 29.7 Å². The summed E-state index contributed by atoms with van der Waals surface area (Å²) in [5, 5.41) is 18.6. The van der Waals surface area contributed by atoms with Gasteiger partial charge in [-0.05, 0) is 30.3 Å². The van der Waals surface area contributed by atoms with Crippen molar-refractivity contribution in [3.05, 3.63) is 58.3 Å². The van der Waals surface area contributed by atoms with E-state index in [9.17, 15) is 14.4 Å². The van der Waals surface area contributed by atoms with Crippen molar-refractivity contribution >= 4 is 50.9 Å². The molecule has 2 rings (SSSR count). The first-order valence-corrected chi connectivity index (χ1v) is 8.49. The number of aromatic nitrogens is 1. The maximum Gasteiger partial charge on any atom is 0.351 e. The Balaban J connectivity index is 2.36. The van der Waals surface area contributed by atoms with Crippen LogP contribution in [0.1, 0.15) is 16.1 Å². The number of hydrogen-bond donors (Lipinski definition) is 2. The van der Waals surface area contributed by atoms with Gasteiger partial charge in [-0.2, -0.15) is 10.2 Å². The highest BCUT2D eigenvalue weighted by molar-refractivity contribution is 9.10. The summed E-state index contributed by atoms with van der Waals surface area (Å²) in [6.07, 6.45) is -0.142. The van der Waals surface area contributed by atoms with Gasteiger partial charge in [-0.25, -0.2) is 4.79 Å². The minimum absolute atomic E-state index is 0.134. The van der Waals surface area contributed by atoms with E-state index in [0.717, 1.165) is 0 Å². The molecule has 0 spiro atoms. The lowest BCUT2D eigenvalue weighted by atomic mass is 10.1. The summed E-state index contributed by atoms with van der Waals surface area (Å²) in [5.41, 5.74) is 0.511. The molecule has 1 atom stereocenters. The molecule has 1 amide bonds. The topological polar surface area (TPSA) is 121 Å². The molecule has 2 N–H and O–H groups in total. The van der Waals surface area contributed by atoms with Gasteiger partial charge in [0.05, 0.1) is 11.3 Å². The number of azo groups is 1. The molecule has 1 aromatic carbocycles. The van der Waals surface area contributed by atoms with Crippen molar-refractivity contribution in [1.82, 2.24) is 10.3 Å². The van der Waals surface area contributed by atoms with E-state index in [-0.39, 0.29) is 16.9 Å². The summed E-state index contributed by atoms with van der Waals surface area (Å²) in [6, 6.07) is 9.53. The maximum absolute atomic E-state index is 12.6. The van der Waals surface area contributed by atoms with Gasteiger partial charge in [0.2, 0.25) is 17.9 Å². The van der Waals surface area contributed by atoms with Crippen molar-refractivity contribution in [3.8, 4) is 0 Å². The number of rotatable bonds is 7. The van der Waals surface area contributed by atoms with Crippen molar-refractivity contribution in [2.24, 2.45) is 10.2 Å². The molecular weight excluding hydrogens is 428 g/mol. The highest BCUT2D eigenvalue weighted by Crippen LogP contribution is 2.26. The van der Waals surface area contributed by atoms with E-state index in [1.165, 1.54) is 18.3 Å². The number of pyridine rings is 1. The van der Waals surface area contributed by atoms with Crippen LogP contribution in [-0.4, -0.2) is 39.8 Å². The van der Waals surface area contributed by atoms with Crippen LogP contribution in [-0.2, 0) is 9.59 Å². The molecule has 134 valence electrons. The second-order valence-corrected chi connectivity index (χ2v) is 6.05. The van der Waals surface area contributed by atoms with E-state index in [2.05, 4.69) is 36.5 Å². The molecule has 0 fully saturated rings. The quantitative estimate of drug-likeness (QED) is 0.390. The van der Waals surface area contributed by atoms with Gasteiger partial charge in [-0.15, -0.1) is 11.6 Å². The van der Waals surface area contributed by atoms with E-state index in [4.69, 9.17) is 16.7 Å². The number of ketones is 1. The third kappa shape index (κ3) is 5.17. The number of alkyl halides is 1. The molecule has 0 bridgehead atoms. The highest BCUT2D eigenvalue weighted by atomic mass is 79.9. The molecule has 1 unspecified atom stereocenters. The second-order valence-electron chi connectivity index (χ2n) is 4.86. The zero-order valence-corrected chi connectivity index (χ0v) is 15.4. The first kappa shape index (κ1) is 19.7. The molecule has 2 aromatic rings. The highest BCUT2D eigenvalue weighted by Gasteiger charge is 2.20. The lowest BCUT2D eigenvalue weighted by molar-refractivity contribution is -0.141. The second kappa shape index (κ2) is 9.16. The van der Waals surface area contributed by atoms with Crippen LogP contribution in [0.5, 0.6) is 0 Å². The van der Waals surface area contributed by atoms with Gasteiger partial charge >= 0.3 is 5.97 Å². The predicted octanol–water partition coefficient (Wildman–Crippen LogP) is 2.92. The molecule has 8 nitrogen and oxygen atoms in total. The van der Waals surface area contributed by atoms with Crippen LogP contribution in [0.15, 0.2) is 57.3 Å². The van der Waals surface area contributed by atoms with Gasteiger partial charge < -0.3 is 10.4 Å². The molecule has 1 aromatic heterocycles. The molecule has 0 aliphatic carbocycles. The van der Waals surface area contributed by atoms with Crippen LogP contribution in [0.3, 0.4) is 0 Å². The van der Waals surface area contributed by atoms with Gasteiger partial charge in [-0.1, -0.05) is 22.0 Å². The third-order valence-corrected chi connectivity index (χ3v) is 3.77. The van der Waals surface area contributed by atoms with Crippen molar-refractivity contribution in [1.29, 1.82) is 0 Å². The predicted molar refractivity (Wildman–Crippen MR) is 96.6 cm³/mol. The molecule has 0 saturated carbocycles. The lowest BCUT2D eigenvalue weighted by Crippen LogP contribution is -2.39. The van der Waals surface area contributed by atoms with Crippen LogP contribution in [0.2, 0.25) is 0 Å². The van der Waals surface area contributed by atoms with Crippen molar-refractivity contribution in [2.45, 2.75) is 6.17 Å². The van der Waals surface area contributed by atoms with Crippen LogP contribution in [0.25, 0.3) is 0 Å². The summed E-state index contributed by atoms with van der Waals surface area (Å²) in [6.45, 7) is 0. The molecule has 10 heteroatoms. The number of nitrogens with zero attached hydrogens (tertiary/aromatic N) is 3. The van der Waals surface area contributed by atoms with E-state index >= 15 is 0 Å². The molecule has 0 radical (unpaired) electrons. The van der Waals surface area contributed by atoms with Gasteiger partial charge in [0.15, 0.2) is 0 Å². The number of nitrogens with one attached hydrogen (secondary N) is 1. The Morgan fingerprint density at radius 3 is 2.65 bits per heavy atom. The van der Waals surface area contributed by atoms with E-state index in [1.807, 2.05) is 0 Å². The lowest BCUT2D eigenvalue weighted by Gasteiger charge is -2.08. The van der Waals surface area contributed by atoms with Gasteiger partial charge in [-0.3, -0.25) is 14.6 Å². The first-order valence-electron chi connectivity index (χ1n) is 7.16. The van der Waals surface area contributed by atoms with Crippen molar-refractivity contribution in [2.75, 3.05) is 5.88 Å². The number of hydrogen-bond acceptors (Lipinski definition) is 6. The Kier molecular flexibility index (Phi) is 6.93. The van der Waals surface area contributed by atoms with Crippen LogP contribution < -0.4 is 5.32 Å². The fraction of sp³-hybridized carbons (Fsp3) is 0.125. The number of carboxylic acid groups (broad SMARTS) is 1. The zero-order valence-electron chi connectivity index (χ0n) is 13.1. The third-order valence-electron chi connectivity index (χ3n) is 3.03. The fourth-order valence-electron chi connectivity index (χ4n) is 1.86. The van der Waals surface area contributed by atoms with Gasteiger partial charge in [0.25, 0.3) is 0 Å². The van der Waals surface area contributed by atoms with Crippen molar-refractivity contribution in [3.63, 3.8) is 0 Å². The summed E-state index contributed by atoms with van der Waals surface area (Å²) >= 11 is 8.61. The van der Waals surface area contributed by atoms with E-state index in [1.54, 1.807) is 24.3 Å². The number of benzene rings is 1. The maximum atomic E-state index is 12.6. The number of aliphatic carboxylic acids is 1. The van der Waals surface area contributed by atoms with E-state index in [0.29, 0.717) is 4.47 Å². The average Bonchev–Trinajstić information content (AvgIpc) is 2.65. The first-order chi connectivity index (χ1) is 12.4.